The van der Waals surface area contributed by atoms with Crippen molar-refractivity contribution in [2.45, 2.75) is 39.0 Å². The second-order valence-corrected chi connectivity index (χ2v) is 8.95. The first kappa shape index (κ1) is 15.6. The van der Waals surface area contributed by atoms with Crippen LogP contribution in [0.15, 0.2) is 48.5 Å². The lowest BCUT2D eigenvalue weighted by atomic mass is 9.82. The van der Waals surface area contributed by atoms with Crippen LogP contribution < -0.4 is 0 Å². The van der Waals surface area contributed by atoms with Crippen LogP contribution in [-0.2, 0) is 25.7 Å². The fourth-order valence-corrected chi connectivity index (χ4v) is 6.18. The third kappa shape index (κ3) is 2.26. The van der Waals surface area contributed by atoms with Gasteiger partial charge in [-0.2, -0.15) is 0 Å². The van der Waals surface area contributed by atoms with Crippen LogP contribution in [-0.4, -0.2) is 4.98 Å². The van der Waals surface area contributed by atoms with Gasteiger partial charge in [0.25, 0.3) is 0 Å². The number of pyridine rings is 1. The first-order valence-corrected chi connectivity index (χ1v) is 10.7. The molecule has 2 heterocycles. The highest BCUT2D eigenvalue weighted by atomic mass is 32.1. The Morgan fingerprint density at radius 1 is 0.852 bits per heavy atom. The zero-order valence-corrected chi connectivity index (χ0v) is 16.3. The van der Waals surface area contributed by atoms with Crippen molar-refractivity contribution in [2.24, 2.45) is 0 Å². The Balaban J connectivity index is 1.78. The summed E-state index contributed by atoms with van der Waals surface area (Å²) in [5.41, 5.74) is 11.2. The summed E-state index contributed by atoms with van der Waals surface area (Å²) in [5, 5.41) is 1.44. The van der Waals surface area contributed by atoms with Gasteiger partial charge in [-0.1, -0.05) is 54.1 Å². The van der Waals surface area contributed by atoms with Gasteiger partial charge in [-0.25, -0.2) is 4.98 Å². The summed E-state index contributed by atoms with van der Waals surface area (Å²) in [6.45, 7) is 2.17. The largest absolute Gasteiger partial charge is 0.241 e. The van der Waals surface area contributed by atoms with Crippen LogP contribution in [0.2, 0.25) is 0 Å². The molecule has 132 valence electrons. The van der Waals surface area contributed by atoms with E-state index in [1.165, 1.54) is 68.6 Å². The normalized spacial score (nSPS) is 14.9. The van der Waals surface area contributed by atoms with Gasteiger partial charge in [-0.05, 0) is 61.3 Å². The number of benzene rings is 2. The van der Waals surface area contributed by atoms with E-state index in [4.69, 9.17) is 4.98 Å². The number of nitrogens with zero attached hydrogens (tertiary/aromatic N) is 1. The maximum Gasteiger partial charge on any atom is 0.124 e. The number of thiophene rings is 1. The summed E-state index contributed by atoms with van der Waals surface area (Å²) in [6.07, 6.45) is 5.86. The number of hydrogen-bond donors (Lipinski definition) is 0. The smallest absolute Gasteiger partial charge is 0.124 e. The highest BCUT2D eigenvalue weighted by Gasteiger charge is 2.28. The molecule has 2 aliphatic carbocycles. The zero-order valence-electron chi connectivity index (χ0n) is 15.5. The van der Waals surface area contributed by atoms with Gasteiger partial charge in [0.15, 0.2) is 0 Å². The number of rotatable bonds is 1. The Bertz CT molecular complexity index is 1200. The van der Waals surface area contributed by atoms with Crippen molar-refractivity contribution in [1.29, 1.82) is 0 Å². The molecule has 0 radical (unpaired) electrons. The van der Waals surface area contributed by atoms with Crippen molar-refractivity contribution < 1.29 is 0 Å². The number of aromatic nitrogens is 1. The van der Waals surface area contributed by atoms with Crippen molar-refractivity contribution in [1.82, 2.24) is 4.98 Å². The Hall–Kier alpha value is -2.45. The minimum atomic E-state index is 1.05. The summed E-state index contributed by atoms with van der Waals surface area (Å²) >= 11 is 1.94. The molecule has 1 nitrogen and oxygen atoms in total. The quantitative estimate of drug-likeness (QED) is 0.373. The number of fused-ring (bicyclic) bond motifs is 6. The van der Waals surface area contributed by atoms with E-state index < -0.39 is 0 Å². The van der Waals surface area contributed by atoms with Gasteiger partial charge < -0.3 is 0 Å². The molecule has 0 saturated heterocycles. The molecule has 2 heteroatoms. The molecule has 0 bridgehead atoms. The second kappa shape index (κ2) is 5.77. The molecular formula is C25H21NS. The van der Waals surface area contributed by atoms with Crippen LogP contribution in [0.25, 0.3) is 32.5 Å². The van der Waals surface area contributed by atoms with E-state index in [9.17, 15) is 0 Å². The van der Waals surface area contributed by atoms with Crippen molar-refractivity contribution >= 4 is 21.6 Å². The van der Waals surface area contributed by atoms with Crippen LogP contribution in [0, 0.1) is 6.92 Å². The molecule has 0 N–H and O–H groups in total. The average molecular weight is 368 g/mol. The van der Waals surface area contributed by atoms with Crippen molar-refractivity contribution in [3.05, 3.63) is 75.8 Å². The van der Waals surface area contributed by atoms with E-state index in [-0.39, 0.29) is 0 Å². The number of aryl methyl sites for hydroxylation is 5. The Labute approximate surface area is 163 Å². The van der Waals surface area contributed by atoms with Crippen LogP contribution in [0.4, 0.5) is 0 Å². The molecule has 2 aromatic heterocycles. The topological polar surface area (TPSA) is 12.9 Å². The summed E-state index contributed by atoms with van der Waals surface area (Å²) in [7, 11) is 0. The predicted octanol–water partition coefficient (Wildman–Crippen LogP) is 6.53. The molecule has 0 fully saturated rings. The maximum absolute atomic E-state index is 5.20. The minimum Gasteiger partial charge on any atom is -0.241 e. The molecule has 0 spiro atoms. The molecule has 0 atom stereocenters. The highest BCUT2D eigenvalue weighted by Crippen LogP contribution is 2.48. The summed E-state index contributed by atoms with van der Waals surface area (Å²) in [6, 6.07) is 18.0. The Morgan fingerprint density at radius 3 is 2.59 bits per heavy atom. The highest BCUT2D eigenvalue weighted by molar-refractivity contribution is 7.19. The summed E-state index contributed by atoms with van der Waals surface area (Å²) in [4.78, 5) is 8.03. The lowest BCUT2D eigenvalue weighted by molar-refractivity contribution is 0.904. The van der Waals surface area contributed by atoms with Crippen molar-refractivity contribution in [2.75, 3.05) is 0 Å². The maximum atomic E-state index is 5.20. The molecule has 2 aromatic carbocycles. The lowest BCUT2D eigenvalue weighted by Gasteiger charge is -2.23. The van der Waals surface area contributed by atoms with Gasteiger partial charge in [0.05, 0.1) is 5.69 Å². The van der Waals surface area contributed by atoms with Gasteiger partial charge >= 0.3 is 0 Å². The van der Waals surface area contributed by atoms with Gasteiger partial charge in [0.1, 0.15) is 4.83 Å². The first-order valence-electron chi connectivity index (χ1n) is 9.92. The number of hydrogen-bond acceptors (Lipinski definition) is 2. The van der Waals surface area contributed by atoms with E-state index in [0.29, 0.717) is 0 Å². The standard InChI is InChI=1S/C25H21NS/c1-15-9-11-17(12-10-15)22-23-18-6-3-2-5-16(18)13-14-20(23)26-25-24(22)19-7-4-8-21(19)27-25/h2-3,5-6,9-12H,4,7-8,13-14H2,1H3. The van der Waals surface area contributed by atoms with E-state index in [0.717, 1.165) is 12.8 Å². The summed E-state index contributed by atoms with van der Waals surface area (Å²) in [5.74, 6) is 0. The van der Waals surface area contributed by atoms with Crippen molar-refractivity contribution in [3.8, 4) is 22.3 Å². The van der Waals surface area contributed by atoms with Gasteiger partial charge in [0.2, 0.25) is 0 Å². The second-order valence-electron chi connectivity index (χ2n) is 7.87. The molecule has 6 rings (SSSR count). The monoisotopic (exact) mass is 367 g/mol. The minimum absolute atomic E-state index is 1.05. The van der Waals surface area contributed by atoms with Crippen LogP contribution in [0.1, 0.15) is 33.7 Å². The molecule has 4 aromatic rings. The first-order chi connectivity index (χ1) is 13.3. The average Bonchev–Trinajstić information content (AvgIpc) is 3.28. The van der Waals surface area contributed by atoms with E-state index in [1.807, 2.05) is 11.3 Å². The van der Waals surface area contributed by atoms with Gasteiger partial charge in [-0.15, -0.1) is 11.3 Å². The summed E-state index contributed by atoms with van der Waals surface area (Å²) < 4.78 is 0. The molecular weight excluding hydrogens is 346 g/mol. The predicted molar refractivity (Wildman–Crippen MR) is 115 cm³/mol. The van der Waals surface area contributed by atoms with Gasteiger partial charge in [0, 0.05) is 21.4 Å². The molecule has 27 heavy (non-hydrogen) atoms. The molecule has 0 aliphatic heterocycles. The van der Waals surface area contributed by atoms with E-state index in [2.05, 4.69) is 55.5 Å². The SMILES string of the molecule is Cc1ccc(-c2c3c(nc4sc5c(c24)CCC5)CCc2ccccc2-3)cc1. The van der Waals surface area contributed by atoms with E-state index in [1.54, 1.807) is 10.4 Å². The molecule has 2 aliphatic rings. The fraction of sp³-hybridized carbons (Fsp3) is 0.240. The third-order valence-electron chi connectivity index (χ3n) is 6.19. The molecule has 0 saturated carbocycles. The Morgan fingerprint density at radius 2 is 1.70 bits per heavy atom. The van der Waals surface area contributed by atoms with Crippen LogP contribution >= 0.6 is 11.3 Å². The van der Waals surface area contributed by atoms with Crippen LogP contribution in [0.5, 0.6) is 0 Å². The fourth-order valence-electron chi connectivity index (χ4n) is 4.89. The lowest BCUT2D eigenvalue weighted by Crippen LogP contribution is -2.08. The van der Waals surface area contributed by atoms with Crippen molar-refractivity contribution in [3.63, 3.8) is 0 Å². The van der Waals surface area contributed by atoms with Crippen LogP contribution in [0.3, 0.4) is 0 Å². The molecule has 0 unspecified atom stereocenters. The Kier molecular flexibility index (Phi) is 3.33. The third-order valence-corrected chi connectivity index (χ3v) is 7.37. The molecule has 0 amide bonds. The zero-order chi connectivity index (χ0) is 18.0. The van der Waals surface area contributed by atoms with E-state index >= 15 is 0 Å². The van der Waals surface area contributed by atoms with Gasteiger partial charge in [-0.3, -0.25) is 0 Å².